The molecule has 0 unspecified atom stereocenters. The van der Waals surface area contributed by atoms with Crippen LogP contribution in [-0.4, -0.2) is 11.2 Å². The van der Waals surface area contributed by atoms with Crippen molar-refractivity contribution >= 4 is 22.8 Å². The maximum atomic E-state index is 12.2. The molecule has 0 bridgehead atoms. The van der Waals surface area contributed by atoms with Gasteiger partial charge in [-0.15, -0.1) is 0 Å². The van der Waals surface area contributed by atoms with Gasteiger partial charge in [-0.2, -0.15) is 0 Å². The zero-order valence-electron chi connectivity index (χ0n) is 14.6. The SMILES string of the molecule is CCCCCCCCC[C@H](CC(=O)Cl)C(=O)OCc1ccccc1. The highest BCUT2D eigenvalue weighted by atomic mass is 35.5. The lowest BCUT2D eigenvalue weighted by molar-refractivity contribution is -0.151. The van der Waals surface area contributed by atoms with Gasteiger partial charge in [0.15, 0.2) is 0 Å². The Morgan fingerprint density at radius 1 is 1.00 bits per heavy atom. The van der Waals surface area contributed by atoms with Crippen LogP contribution < -0.4 is 0 Å². The molecule has 24 heavy (non-hydrogen) atoms. The Morgan fingerprint density at radius 2 is 1.62 bits per heavy atom. The summed E-state index contributed by atoms with van der Waals surface area (Å²) in [5, 5.41) is -0.473. The average molecular weight is 353 g/mol. The van der Waals surface area contributed by atoms with E-state index in [-0.39, 0.29) is 19.0 Å². The molecule has 0 amide bonds. The molecule has 1 aromatic carbocycles. The predicted octanol–water partition coefficient (Wildman–Crippen LogP) is 5.64. The lowest BCUT2D eigenvalue weighted by Gasteiger charge is -2.14. The summed E-state index contributed by atoms with van der Waals surface area (Å²) in [5.41, 5.74) is 0.942. The normalized spacial score (nSPS) is 11.9. The molecule has 0 saturated carbocycles. The number of benzene rings is 1. The van der Waals surface area contributed by atoms with Crippen molar-refractivity contribution in [2.75, 3.05) is 0 Å². The Morgan fingerprint density at radius 3 is 2.25 bits per heavy atom. The van der Waals surface area contributed by atoms with E-state index in [1.165, 1.54) is 32.1 Å². The Balaban J connectivity index is 2.32. The molecule has 0 aromatic heterocycles. The van der Waals surface area contributed by atoms with Gasteiger partial charge < -0.3 is 4.74 Å². The van der Waals surface area contributed by atoms with Crippen LogP contribution in [0.15, 0.2) is 30.3 Å². The molecule has 1 aromatic rings. The molecule has 0 aliphatic heterocycles. The van der Waals surface area contributed by atoms with E-state index in [4.69, 9.17) is 16.3 Å². The highest BCUT2D eigenvalue weighted by molar-refractivity contribution is 6.63. The first kappa shape index (κ1) is 20.7. The number of rotatable bonds is 13. The van der Waals surface area contributed by atoms with Crippen LogP contribution in [0.5, 0.6) is 0 Å². The quantitative estimate of drug-likeness (QED) is 0.262. The molecule has 0 radical (unpaired) electrons. The molecule has 0 saturated heterocycles. The van der Waals surface area contributed by atoms with Crippen molar-refractivity contribution in [3.63, 3.8) is 0 Å². The van der Waals surface area contributed by atoms with Crippen LogP contribution in [0.25, 0.3) is 0 Å². The molecular formula is C20H29ClO3. The van der Waals surface area contributed by atoms with Gasteiger partial charge in [-0.05, 0) is 23.6 Å². The number of halogens is 1. The molecule has 0 fully saturated rings. The van der Waals surface area contributed by atoms with E-state index < -0.39 is 11.2 Å². The third kappa shape index (κ3) is 9.71. The second-order valence-corrected chi connectivity index (χ2v) is 6.68. The van der Waals surface area contributed by atoms with Crippen LogP contribution in [0.4, 0.5) is 0 Å². The standard InChI is InChI=1S/C20H29ClO3/c1-2-3-4-5-6-7-11-14-18(15-19(21)22)20(23)24-16-17-12-9-8-10-13-17/h8-10,12-13,18H,2-7,11,14-16H2,1H3/t18-/m1/s1. The molecule has 1 rings (SSSR count). The monoisotopic (exact) mass is 352 g/mol. The average Bonchev–Trinajstić information content (AvgIpc) is 2.58. The zero-order chi connectivity index (χ0) is 17.6. The molecule has 4 heteroatoms. The summed E-state index contributed by atoms with van der Waals surface area (Å²) in [5.74, 6) is -0.742. The van der Waals surface area contributed by atoms with E-state index >= 15 is 0 Å². The summed E-state index contributed by atoms with van der Waals surface area (Å²) in [7, 11) is 0. The zero-order valence-corrected chi connectivity index (χ0v) is 15.4. The first-order valence-electron chi connectivity index (χ1n) is 9.02. The summed E-state index contributed by atoms with van der Waals surface area (Å²) in [6, 6.07) is 9.54. The van der Waals surface area contributed by atoms with Gasteiger partial charge in [0.1, 0.15) is 6.61 Å². The van der Waals surface area contributed by atoms with Crippen LogP contribution in [0.2, 0.25) is 0 Å². The second-order valence-electron chi connectivity index (χ2n) is 6.26. The summed E-state index contributed by atoms with van der Waals surface area (Å²) < 4.78 is 5.35. The number of ether oxygens (including phenoxy) is 1. The minimum Gasteiger partial charge on any atom is -0.461 e. The highest BCUT2D eigenvalue weighted by Gasteiger charge is 2.22. The molecule has 1 atom stereocenters. The molecule has 0 aliphatic rings. The summed E-state index contributed by atoms with van der Waals surface area (Å²) in [6.45, 7) is 2.44. The maximum Gasteiger partial charge on any atom is 0.309 e. The number of esters is 1. The first-order valence-corrected chi connectivity index (χ1v) is 9.40. The summed E-state index contributed by atoms with van der Waals surface area (Å²) in [4.78, 5) is 23.4. The van der Waals surface area contributed by atoms with Crippen LogP contribution in [0.3, 0.4) is 0 Å². The number of carbonyl (C=O) groups is 2. The van der Waals surface area contributed by atoms with E-state index in [0.29, 0.717) is 6.42 Å². The lowest BCUT2D eigenvalue weighted by Crippen LogP contribution is -2.19. The van der Waals surface area contributed by atoms with Crippen molar-refractivity contribution < 1.29 is 14.3 Å². The molecule has 0 aliphatic carbocycles. The van der Waals surface area contributed by atoms with E-state index in [1.807, 2.05) is 30.3 Å². The smallest absolute Gasteiger partial charge is 0.309 e. The Bertz CT molecular complexity index is 473. The first-order chi connectivity index (χ1) is 11.6. The van der Waals surface area contributed by atoms with Gasteiger partial charge in [-0.1, -0.05) is 82.2 Å². The minimum absolute atomic E-state index is 0.0605. The van der Waals surface area contributed by atoms with Gasteiger partial charge in [0.2, 0.25) is 5.24 Å². The van der Waals surface area contributed by atoms with Gasteiger partial charge in [0.05, 0.1) is 5.92 Å². The van der Waals surface area contributed by atoms with Gasteiger partial charge in [-0.25, -0.2) is 0 Å². The molecule has 0 spiro atoms. The summed E-state index contributed by atoms with van der Waals surface area (Å²) >= 11 is 5.48. The number of hydrogen-bond acceptors (Lipinski definition) is 3. The molecular weight excluding hydrogens is 324 g/mol. The fourth-order valence-corrected chi connectivity index (χ4v) is 2.88. The Labute approximate surface area is 150 Å². The van der Waals surface area contributed by atoms with Crippen molar-refractivity contribution in [2.45, 2.75) is 71.3 Å². The van der Waals surface area contributed by atoms with Crippen molar-refractivity contribution in [1.82, 2.24) is 0 Å². The summed E-state index contributed by atoms with van der Waals surface area (Å²) in [6.07, 6.45) is 8.97. The molecule has 0 heterocycles. The Hall–Kier alpha value is -1.35. The number of carbonyl (C=O) groups excluding carboxylic acids is 2. The minimum atomic E-state index is -0.473. The fraction of sp³-hybridized carbons (Fsp3) is 0.600. The van der Waals surface area contributed by atoms with Crippen LogP contribution in [0.1, 0.15) is 70.3 Å². The largest absolute Gasteiger partial charge is 0.461 e. The van der Waals surface area contributed by atoms with E-state index in [9.17, 15) is 9.59 Å². The maximum absolute atomic E-state index is 12.2. The topological polar surface area (TPSA) is 43.4 Å². The van der Waals surface area contributed by atoms with Crippen molar-refractivity contribution in [1.29, 1.82) is 0 Å². The van der Waals surface area contributed by atoms with Crippen LogP contribution >= 0.6 is 11.6 Å². The van der Waals surface area contributed by atoms with E-state index in [2.05, 4.69) is 6.92 Å². The van der Waals surface area contributed by atoms with Crippen molar-refractivity contribution in [3.8, 4) is 0 Å². The van der Waals surface area contributed by atoms with Gasteiger partial charge in [0, 0.05) is 6.42 Å². The highest BCUT2D eigenvalue weighted by Crippen LogP contribution is 2.19. The Kier molecular flexibility index (Phi) is 11.2. The third-order valence-electron chi connectivity index (χ3n) is 4.12. The number of unbranched alkanes of at least 4 members (excludes halogenated alkanes) is 6. The molecule has 134 valence electrons. The van der Waals surface area contributed by atoms with Crippen molar-refractivity contribution in [2.24, 2.45) is 5.92 Å². The predicted molar refractivity (Wildman–Crippen MR) is 97.8 cm³/mol. The van der Waals surface area contributed by atoms with Crippen molar-refractivity contribution in [3.05, 3.63) is 35.9 Å². The molecule has 0 N–H and O–H groups in total. The van der Waals surface area contributed by atoms with Gasteiger partial charge in [0.25, 0.3) is 0 Å². The molecule has 3 nitrogen and oxygen atoms in total. The second kappa shape index (κ2) is 13.0. The van der Waals surface area contributed by atoms with E-state index in [1.54, 1.807) is 0 Å². The third-order valence-corrected chi connectivity index (χ3v) is 4.27. The lowest BCUT2D eigenvalue weighted by atomic mass is 9.97. The van der Waals surface area contributed by atoms with E-state index in [0.717, 1.165) is 18.4 Å². The van der Waals surface area contributed by atoms with Gasteiger partial charge >= 0.3 is 5.97 Å². The number of hydrogen-bond donors (Lipinski definition) is 0. The van der Waals surface area contributed by atoms with Crippen LogP contribution in [0, 0.1) is 5.92 Å². The fourth-order valence-electron chi connectivity index (χ4n) is 2.69. The van der Waals surface area contributed by atoms with Crippen LogP contribution in [-0.2, 0) is 20.9 Å². The van der Waals surface area contributed by atoms with Gasteiger partial charge in [-0.3, -0.25) is 9.59 Å².